The summed E-state index contributed by atoms with van der Waals surface area (Å²) in [6.07, 6.45) is 5.69. The molecule has 1 fully saturated rings. The Morgan fingerprint density at radius 3 is 2.91 bits per heavy atom. The Balaban J connectivity index is 1.43. The summed E-state index contributed by atoms with van der Waals surface area (Å²) in [6, 6.07) is 3.72. The van der Waals surface area contributed by atoms with E-state index in [4.69, 9.17) is 4.74 Å². The minimum absolute atomic E-state index is 0.0711. The van der Waals surface area contributed by atoms with Crippen molar-refractivity contribution in [1.82, 2.24) is 34.4 Å². The number of nitrogens with zero attached hydrogens (tertiary/aromatic N) is 6. The lowest BCUT2D eigenvalue weighted by molar-refractivity contribution is 0.0732. The van der Waals surface area contributed by atoms with Crippen molar-refractivity contribution in [1.29, 1.82) is 0 Å². The third-order valence-electron chi connectivity index (χ3n) is 6.69. The molecule has 3 aromatic heterocycles. The molecular weight excluding hydrogens is 422 g/mol. The lowest BCUT2D eigenvalue weighted by Crippen LogP contribution is -2.36. The van der Waals surface area contributed by atoms with Crippen LogP contribution in [0.15, 0.2) is 29.5 Å². The van der Waals surface area contributed by atoms with Crippen molar-refractivity contribution >= 4 is 22.6 Å². The van der Waals surface area contributed by atoms with Gasteiger partial charge in [-0.1, -0.05) is 0 Å². The fraction of sp³-hybridized carbons (Fsp3) is 0.391. The molecule has 2 aliphatic rings. The van der Waals surface area contributed by atoms with Crippen molar-refractivity contribution in [3.63, 3.8) is 0 Å². The molecule has 33 heavy (non-hydrogen) atoms. The van der Waals surface area contributed by atoms with E-state index in [-0.39, 0.29) is 23.0 Å². The molecule has 5 heterocycles. The Morgan fingerprint density at radius 1 is 1.21 bits per heavy atom. The molecule has 0 spiro atoms. The minimum atomic E-state index is -0.320. The Kier molecular flexibility index (Phi) is 4.68. The van der Waals surface area contributed by atoms with Crippen LogP contribution in [0.3, 0.4) is 0 Å². The zero-order chi connectivity index (χ0) is 22.5. The van der Waals surface area contributed by atoms with E-state index < -0.39 is 0 Å². The smallest absolute Gasteiger partial charge is 0.294 e. The van der Waals surface area contributed by atoms with E-state index >= 15 is 0 Å². The molecule has 1 saturated heterocycles. The first kappa shape index (κ1) is 20.0. The molecule has 0 bridgehead atoms. The van der Waals surface area contributed by atoms with Gasteiger partial charge < -0.3 is 14.6 Å². The number of H-pyrrole nitrogens is 1. The molecule has 0 radical (unpaired) electrons. The number of carbonyl (C=O) groups is 1. The maximum Gasteiger partial charge on any atom is 0.294 e. The maximum absolute atomic E-state index is 13.4. The molecule has 6 rings (SSSR count). The SMILES string of the molecule is Cc1cc2c(cc1C(=O)N1CCc3ncncc3C1)[nH]c(=O)c1nnc(C3CCOCC3)n12. The molecule has 10 nitrogen and oxygen atoms in total. The monoisotopic (exact) mass is 445 g/mol. The Bertz CT molecular complexity index is 1450. The predicted octanol–water partition coefficient (Wildman–Crippen LogP) is 1.76. The molecule has 10 heteroatoms. The number of hydrogen-bond donors (Lipinski definition) is 1. The minimum Gasteiger partial charge on any atom is -0.381 e. The molecule has 0 aliphatic carbocycles. The fourth-order valence-electron chi connectivity index (χ4n) is 4.90. The van der Waals surface area contributed by atoms with Crippen LogP contribution in [0.25, 0.3) is 16.7 Å². The van der Waals surface area contributed by atoms with E-state index in [2.05, 4.69) is 25.1 Å². The van der Waals surface area contributed by atoms with Gasteiger partial charge in [0.1, 0.15) is 12.2 Å². The first-order valence-electron chi connectivity index (χ1n) is 11.2. The number of nitrogens with one attached hydrogen (secondary N) is 1. The molecule has 1 N–H and O–H groups in total. The number of benzene rings is 1. The van der Waals surface area contributed by atoms with Gasteiger partial charge in [-0.3, -0.25) is 14.0 Å². The molecule has 0 atom stereocenters. The molecule has 4 aromatic rings. The highest BCUT2D eigenvalue weighted by molar-refractivity contribution is 5.99. The largest absolute Gasteiger partial charge is 0.381 e. The number of aromatic nitrogens is 6. The normalized spacial score (nSPS) is 16.9. The number of hydrogen-bond acceptors (Lipinski definition) is 7. The van der Waals surface area contributed by atoms with Gasteiger partial charge in [-0.15, -0.1) is 10.2 Å². The second-order valence-corrected chi connectivity index (χ2v) is 8.71. The Morgan fingerprint density at radius 2 is 2.06 bits per heavy atom. The standard InChI is InChI=1S/C23H23N7O3/c1-13-8-19-18(9-16(13)23(32)29-5-2-17-15(11-29)10-24-12-25-17)26-22(31)21-28-27-20(30(19)21)14-3-6-33-7-4-14/h8-10,12,14H,2-7,11H2,1H3,(H,26,31). The zero-order valence-corrected chi connectivity index (χ0v) is 18.2. The first-order chi connectivity index (χ1) is 16.1. The number of aromatic amines is 1. The van der Waals surface area contributed by atoms with Crippen molar-refractivity contribution < 1.29 is 9.53 Å². The van der Waals surface area contributed by atoms with Gasteiger partial charge in [0.2, 0.25) is 5.65 Å². The highest BCUT2D eigenvalue weighted by Gasteiger charge is 2.26. The molecule has 1 aromatic carbocycles. The zero-order valence-electron chi connectivity index (χ0n) is 18.2. The van der Waals surface area contributed by atoms with Gasteiger partial charge >= 0.3 is 0 Å². The average molecular weight is 445 g/mol. The summed E-state index contributed by atoms with van der Waals surface area (Å²) < 4.78 is 7.33. The van der Waals surface area contributed by atoms with Gasteiger partial charge in [0.15, 0.2) is 0 Å². The lowest BCUT2D eigenvalue weighted by atomic mass is 9.99. The number of fused-ring (bicyclic) bond motifs is 4. The number of carbonyl (C=O) groups excluding carboxylic acids is 1. The van der Waals surface area contributed by atoms with Crippen molar-refractivity contribution in [2.75, 3.05) is 19.8 Å². The van der Waals surface area contributed by atoms with Crippen LogP contribution in [0, 0.1) is 6.92 Å². The van der Waals surface area contributed by atoms with E-state index in [1.54, 1.807) is 18.6 Å². The predicted molar refractivity (Wildman–Crippen MR) is 119 cm³/mol. The van der Waals surface area contributed by atoms with Crippen molar-refractivity contribution in [3.05, 3.63) is 63.2 Å². The van der Waals surface area contributed by atoms with E-state index in [1.165, 1.54) is 0 Å². The van der Waals surface area contributed by atoms with Gasteiger partial charge in [-0.2, -0.15) is 0 Å². The second-order valence-electron chi connectivity index (χ2n) is 8.71. The number of amides is 1. The van der Waals surface area contributed by atoms with Crippen LogP contribution in [0.5, 0.6) is 0 Å². The highest BCUT2D eigenvalue weighted by atomic mass is 16.5. The quantitative estimate of drug-likeness (QED) is 0.499. The number of aryl methyl sites for hydroxylation is 1. The van der Waals surface area contributed by atoms with Gasteiger partial charge in [0, 0.05) is 56.0 Å². The summed E-state index contributed by atoms with van der Waals surface area (Å²) >= 11 is 0. The molecule has 2 aliphatic heterocycles. The molecule has 1 amide bonds. The van der Waals surface area contributed by atoms with Crippen LogP contribution in [0.2, 0.25) is 0 Å². The topological polar surface area (TPSA) is 118 Å². The fourth-order valence-corrected chi connectivity index (χ4v) is 4.90. The summed E-state index contributed by atoms with van der Waals surface area (Å²) in [5, 5.41) is 8.53. The van der Waals surface area contributed by atoms with Crippen molar-refractivity contribution in [3.8, 4) is 0 Å². The number of ether oxygens (including phenoxy) is 1. The van der Waals surface area contributed by atoms with Crippen molar-refractivity contribution in [2.45, 2.75) is 38.6 Å². The van der Waals surface area contributed by atoms with E-state index in [1.807, 2.05) is 22.3 Å². The van der Waals surface area contributed by atoms with Crippen LogP contribution < -0.4 is 5.56 Å². The van der Waals surface area contributed by atoms with Crippen LogP contribution >= 0.6 is 0 Å². The molecule has 168 valence electrons. The van der Waals surface area contributed by atoms with Gasteiger partial charge in [-0.25, -0.2) is 9.97 Å². The lowest BCUT2D eigenvalue weighted by Gasteiger charge is -2.28. The summed E-state index contributed by atoms with van der Waals surface area (Å²) in [7, 11) is 0. The first-order valence-corrected chi connectivity index (χ1v) is 11.2. The summed E-state index contributed by atoms with van der Waals surface area (Å²) in [6.45, 7) is 4.32. The third kappa shape index (κ3) is 3.29. The van der Waals surface area contributed by atoms with E-state index in [0.29, 0.717) is 43.8 Å². The highest BCUT2D eigenvalue weighted by Crippen LogP contribution is 2.28. The molecular formula is C23H23N7O3. The van der Waals surface area contributed by atoms with Crippen LogP contribution in [-0.4, -0.2) is 60.1 Å². The Labute approximate surface area is 188 Å². The average Bonchev–Trinajstić information content (AvgIpc) is 3.30. The second kappa shape index (κ2) is 7.73. The van der Waals surface area contributed by atoms with Crippen LogP contribution in [-0.2, 0) is 17.7 Å². The summed E-state index contributed by atoms with van der Waals surface area (Å²) in [5.74, 6) is 0.879. The van der Waals surface area contributed by atoms with E-state index in [0.717, 1.165) is 41.0 Å². The van der Waals surface area contributed by atoms with E-state index in [9.17, 15) is 9.59 Å². The van der Waals surface area contributed by atoms with Crippen molar-refractivity contribution in [2.24, 2.45) is 0 Å². The maximum atomic E-state index is 13.4. The summed E-state index contributed by atoms with van der Waals surface area (Å²) in [4.78, 5) is 39.3. The third-order valence-corrected chi connectivity index (χ3v) is 6.69. The molecule has 0 unspecified atom stereocenters. The van der Waals surface area contributed by atoms with Gasteiger partial charge in [-0.05, 0) is 37.5 Å². The summed E-state index contributed by atoms with van der Waals surface area (Å²) in [5.41, 5.74) is 4.70. The van der Waals surface area contributed by atoms with Crippen LogP contribution in [0.1, 0.15) is 51.8 Å². The van der Waals surface area contributed by atoms with Crippen LogP contribution in [0.4, 0.5) is 0 Å². The van der Waals surface area contributed by atoms with Gasteiger partial charge in [0.05, 0.1) is 16.7 Å². The molecule has 0 saturated carbocycles. The number of rotatable bonds is 2. The van der Waals surface area contributed by atoms with Gasteiger partial charge in [0.25, 0.3) is 11.5 Å². The Hall–Kier alpha value is -3.66.